The van der Waals surface area contributed by atoms with Crippen LogP contribution in [0.25, 0.3) is 0 Å². The Labute approximate surface area is 205 Å². The zero-order valence-electron chi connectivity index (χ0n) is 19.9. The number of hydrogen-bond acceptors (Lipinski definition) is 6. The molecule has 0 unspecified atom stereocenters. The van der Waals surface area contributed by atoms with Gasteiger partial charge >= 0.3 is 0 Å². The lowest BCUT2D eigenvalue weighted by Gasteiger charge is -2.37. The highest BCUT2D eigenvalue weighted by Crippen LogP contribution is 2.47. The number of hydrogen-bond donors (Lipinski definition) is 3. The number of carbonyl (C=O) groups excluding carboxylic acids is 2. The first kappa shape index (κ1) is 23.6. The molecule has 8 nitrogen and oxygen atoms in total. The molecule has 5 rings (SSSR count). The number of nitrogens with one attached hydrogen (secondary N) is 2. The number of aliphatic hydroxyl groups is 1. The normalized spacial score (nSPS) is 25.0. The SMILES string of the molecule is COc1ccc(CNC(=O)C[C@@H]2C[C@@H]3c4cc(NC(=O)C5CCC5)ccc4O[C@@H]3[C@@H](CO)O2)cc1. The summed E-state index contributed by atoms with van der Waals surface area (Å²) < 4.78 is 17.3. The van der Waals surface area contributed by atoms with Crippen LogP contribution in [0.1, 0.15) is 49.1 Å². The number of fused-ring (bicyclic) bond motifs is 3. The molecule has 2 heterocycles. The zero-order valence-corrected chi connectivity index (χ0v) is 19.9. The summed E-state index contributed by atoms with van der Waals surface area (Å²) in [5.74, 6) is 1.56. The molecule has 3 N–H and O–H groups in total. The Balaban J connectivity index is 1.22. The summed E-state index contributed by atoms with van der Waals surface area (Å²) in [6, 6.07) is 13.2. The molecule has 8 heteroatoms. The van der Waals surface area contributed by atoms with Crippen LogP contribution in [0, 0.1) is 5.92 Å². The number of ether oxygens (including phenoxy) is 3. The standard InChI is InChI=1S/C27H32N2O6/c1-33-19-8-5-16(6-9-19)14-28-25(31)13-20-12-22-21-11-18(29-27(32)17-3-2-4-17)7-10-23(21)35-26(22)24(15-30)34-20/h5-11,17,20,22,24,26,30H,2-4,12-15H2,1H3,(H,28,31)(H,29,32)/t20-,22+,24+,26-/m0/s1. The van der Waals surface area contributed by atoms with Crippen LogP contribution >= 0.6 is 0 Å². The Morgan fingerprint density at radius 1 is 1.14 bits per heavy atom. The fourth-order valence-electron chi connectivity index (χ4n) is 5.10. The minimum Gasteiger partial charge on any atom is -0.497 e. The quantitative estimate of drug-likeness (QED) is 0.536. The molecule has 1 saturated heterocycles. The molecule has 3 aliphatic rings. The Kier molecular flexibility index (Phi) is 6.92. The predicted octanol–water partition coefficient (Wildman–Crippen LogP) is 3.13. The average Bonchev–Trinajstić information content (AvgIpc) is 3.19. The van der Waals surface area contributed by atoms with Crippen LogP contribution in [0.4, 0.5) is 5.69 Å². The van der Waals surface area contributed by atoms with Gasteiger partial charge in [-0.2, -0.15) is 0 Å². The lowest BCUT2D eigenvalue weighted by molar-refractivity contribution is -0.142. The highest BCUT2D eigenvalue weighted by Gasteiger charge is 2.46. The maximum atomic E-state index is 12.7. The molecule has 0 radical (unpaired) electrons. The van der Waals surface area contributed by atoms with Gasteiger partial charge in [0.25, 0.3) is 0 Å². The van der Waals surface area contributed by atoms with E-state index in [1.165, 1.54) is 0 Å². The summed E-state index contributed by atoms with van der Waals surface area (Å²) in [6.45, 7) is 0.228. The maximum Gasteiger partial charge on any atom is 0.227 e. The zero-order chi connectivity index (χ0) is 24.4. The average molecular weight is 481 g/mol. The van der Waals surface area contributed by atoms with Gasteiger partial charge in [-0.3, -0.25) is 9.59 Å². The molecule has 2 aromatic rings. The number of carbonyl (C=O) groups is 2. The lowest BCUT2D eigenvalue weighted by atomic mass is 9.83. The van der Waals surface area contributed by atoms with Gasteiger partial charge in [0.2, 0.25) is 11.8 Å². The molecule has 2 amide bonds. The van der Waals surface area contributed by atoms with E-state index >= 15 is 0 Å². The topological polar surface area (TPSA) is 106 Å². The van der Waals surface area contributed by atoms with E-state index < -0.39 is 6.10 Å². The van der Waals surface area contributed by atoms with Gasteiger partial charge in [-0.1, -0.05) is 18.6 Å². The van der Waals surface area contributed by atoms with E-state index in [2.05, 4.69) is 10.6 Å². The van der Waals surface area contributed by atoms with E-state index in [4.69, 9.17) is 14.2 Å². The van der Waals surface area contributed by atoms with Gasteiger partial charge in [-0.15, -0.1) is 0 Å². The monoisotopic (exact) mass is 480 g/mol. The second-order valence-electron chi connectivity index (χ2n) is 9.60. The summed E-state index contributed by atoms with van der Waals surface area (Å²) in [5, 5.41) is 15.9. The molecule has 1 aliphatic carbocycles. The third kappa shape index (κ3) is 5.13. The van der Waals surface area contributed by atoms with Crippen molar-refractivity contribution in [3.05, 3.63) is 53.6 Å². The molecule has 0 bridgehead atoms. The van der Waals surface area contributed by atoms with Crippen LogP contribution < -0.4 is 20.1 Å². The second kappa shape index (κ2) is 10.3. The van der Waals surface area contributed by atoms with Gasteiger partial charge in [-0.05, 0) is 55.2 Å². The first-order valence-electron chi connectivity index (χ1n) is 12.3. The van der Waals surface area contributed by atoms with Gasteiger partial charge in [-0.25, -0.2) is 0 Å². The minimum atomic E-state index is -0.520. The van der Waals surface area contributed by atoms with E-state index in [-0.39, 0.29) is 48.9 Å². The van der Waals surface area contributed by atoms with Crippen molar-refractivity contribution in [2.75, 3.05) is 19.0 Å². The number of amides is 2. The van der Waals surface area contributed by atoms with E-state index in [1.807, 2.05) is 42.5 Å². The molecule has 2 aromatic carbocycles. The summed E-state index contributed by atoms with van der Waals surface area (Å²) in [4.78, 5) is 25.1. The Morgan fingerprint density at radius 3 is 2.63 bits per heavy atom. The summed E-state index contributed by atoms with van der Waals surface area (Å²) >= 11 is 0. The van der Waals surface area contributed by atoms with Crippen molar-refractivity contribution in [1.82, 2.24) is 5.32 Å². The molecule has 2 fully saturated rings. The summed E-state index contributed by atoms with van der Waals surface area (Å²) in [6.07, 6.45) is 2.63. The molecule has 2 aliphatic heterocycles. The van der Waals surface area contributed by atoms with Crippen molar-refractivity contribution in [3.8, 4) is 11.5 Å². The Bertz CT molecular complexity index is 1070. The van der Waals surface area contributed by atoms with Crippen molar-refractivity contribution in [1.29, 1.82) is 0 Å². The van der Waals surface area contributed by atoms with Crippen LogP contribution in [0.2, 0.25) is 0 Å². The van der Waals surface area contributed by atoms with Crippen LogP contribution in [-0.2, 0) is 20.9 Å². The number of aliphatic hydroxyl groups excluding tert-OH is 1. The molecule has 1 saturated carbocycles. The fourth-order valence-corrected chi connectivity index (χ4v) is 5.10. The van der Waals surface area contributed by atoms with Gasteiger partial charge in [0.15, 0.2) is 0 Å². The number of anilines is 1. The van der Waals surface area contributed by atoms with Gasteiger partial charge in [0.1, 0.15) is 23.7 Å². The van der Waals surface area contributed by atoms with E-state index in [0.29, 0.717) is 13.0 Å². The highest BCUT2D eigenvalue weighted by molar-refractivity contribution is 5.93. The van der Waals surface area contributed by atoms with E-state index in [1.54, 1.807) is 7.11 Å². The van der Waals surface area contributed by atoms with E-state index in [0.717, 1.165) is 47.6 Å². The van der Waals surface area contributed by atoms with Crippen LogP contribution in [0.3, 0.4) is 0 Å². The van der Waals surface area contributed by atoms with Crippen LogP contribution in [-0.4, -0.2) is 48.9 Å². The van der Waals surface area contributed by atoms with Crippen molar-refractivity contribution < 1.29 is 28.9 Å². The van der Waals surface area contributed by atoms with Crippen molar-refractivity contribution >= 4 is 17.5 Å². The van der Waals surface area contributed by atoms with Crippen LogP contribution in [0.15, 0.2) is 42.5 Å². The Hall–Kier alpha value is -3.10. The minimum absolute atomic E-state index is 0.0177. The lowest BCUT2D eigenvalue weighted by Crippen LogP contribution is -2.47. The van der Waals surface area contributed by atoms with E-state index in [9.17, 15) is 14.7 Å². The third-order valence-corrected chi connectivity index (χ3v) is 7.30. The second-order valence-corrected chi connectivity index (χ2v) is 9.60. The van der Waals surface area contributed by atoms with Gasteiger partial charge < -0.3 is 30.0 Å². The molecular weight excluding hydrogens is 448 g/mol. The highest BCUT2D eigenvalue weighted by atomic mass is 16.6. The predicted molar refractivity (Wildman–Crippen MR) is 129 cm³/mol. The number of benzene rings is 2. The van der Waals surface area contributed by atoms with Gasteiger partial charge in [0.05, 0.1) is 26.2 Å². The van der Waals surface area contributed by atoms with Crippen LogP contribution in [0.5, 0.6) is 11.5 Å². The smallest absolute Gasteiger partial charge is 0.227 e. The molecule has 35 heavy (non-hydrogen) atoms. The molecule has 186 valence electrons. The van der Waals surface area contributed by atoms with Crippen molar-refractivity contribution in [3.63, 3.8) is 0 Å². The fraction of sp³-hybridized carbons (Fsp3) is 0.481. The summed E-state index contributed by atoms with van der Waals surface area (Å²) in [7, 11) is 1.62. The molecule has 4 atom stereocenters. The third-order valence-electron chi connectivity index (χ3n) is 7.30. The maximum absolute atomic E-state index is 12.7. The first-order chi connectivity index (χ1) is 17.0. The number of rotatable bonds is 8. The molecule has 0 spiro atoms. The van der Waals surface area contributed by atoms with Gasteiger partial charge in [0, 0.05) is 29.6 Å². The molecule has 0 aromatic heterocycles. The first-order valence-corrected chi connectivity index (χ1v) is 12.3. The largest absolute Gasteiger partial charge is 0.497 e. The summed E-state index contributed by atoms with van der Waals surface area (Å²) in [5.41, 5.74) is 2.73. The number of methoxy groups -OCH3 is 1. The Morgan fingerprint density at radius 2 is 1.94 bits per heavy atom. The van der Waals surface area contributed by atoms with Crippen molar-refractivity contribution in [2.45, 2.75) is 62.9 Å². The molecular formula is C27H32N2O6. The van der Waals surface area contributed by atoms with Crippen molar-refractivity contribution in [2.24, 2.45) is 5.92 Å².